The van der Waals surface area contributed by atoms with Crippen molar-refractivity contribution in [3.05, 3.63) is 63.6 Å². The van der Waals surface area contributed by atoms with Crippen LogP contribution in [0.4, 0.5) is 10.5 Å². The fraction of sp³-hybridized carbons (Fsp3) is 0.480. The third-order valence-electron chi connectivity index (χ3n) is 6.48. The van der Waals surface area contributed by atoms with Gasteiger partial charge in [0.15, 0.2) is 0 Å². The number of aryl methyl sites for hydroxylation is 2. The Hall–Kier alpha value is -3.09. The summed E-state index contributed by atoms with van der Waals surface area (Å²) in [5.41, 5.74) is 3.91. The van der Waals surface area contributed by atoms with E-state index >= 15 is 0 Å². The summed E-state index contributed by atoms with van der Waals surface area (Å²) in [6.07, 6.45) is 0.980. The van der Waals surface area contributed by atoms with Gasteiger partial charge in [-0.25, -0.2) is 4.79 Å². The van der Waals surface area contributed by atoms with E-state index in [4.69, 9.17) is 0 Å². The van der Waals surface area contributed by atoms with E-state index in [0.717, 1.165) is 28.9 Å². The Kier molecular flexibility index (Phi) is 6.09. The highest BCUT2D eigenvalue weighted by Gasteiger charge is 2.37. The summed E-state index contributed by atoms with van der Waals surface area (Å²) < 4.78 is 1.85. The summed E-state index contributed by atoms with van der Waals surface area (Å²) >= 11 is 0. The van der Waals surface area contributed by atoms with Gasteiger partial charge in [0.1, 0.15) is 6.04 Å². The predicted octanol–water partition coefficient (Wildman–Crippen LogP) is 3.26. The topological polar surface area (TPSA) is 83.4 Å². The summed E-state index contributed by atoms with van der Waals surface area (Å²) in [5, 5.41) is 5.93. The zero-order chi connectivity index (χ0) is 23.0. The van der Waals surface area contributed by atoms with Gasteiger partial charge in [0, 0.05) is 43.0 Å². The van der Waals surface area contributed by atoms with Crippen LogP contribution < -0.4 is 16.2 Å². The molecule has 3 atom stereocenters. The monoisotopic (exact) mass is 436 g/mol. The molecule has 4 rings (SSSR count). The van der Waals surface area contributed by atoms with E-state index in [1.54, 1.807) is 17.0 Å². The molecule has 2 N–H and O–H groups in total. The molecule has 2 aromatic rings. The molecule has 0 unspecified atom stereocenters. The van der Waals surface area contributed by atoms with E-state index in [1.165, 1.54) is 0 Å². The van der Waals surface area contributed by atoms with E-state index in [1.807, 2.05) is 50.5 Å². The van der Waals surface area contributed by atoms with Gasteiger partial charge in [-0.2, -0.15) is 0 Å². The van der Waals surface area contributed by atoms with Crippen molar-refractivity contribution in [3.8, 4) is 0 Å². The van der Waals surface area contributed by atoms with Crippen LogP contribution in [0, 0.1) is 25.7 Å². The number of anilines is 1. The van der Waals surface area contributed by atoms with Gasteiger partial charge in [0.2, 0.25) is 5.91 Å². The normalized spacial score (nSPS) is 20.5. The molecule has 7 nitrogen and oxygen atoms in total. The summed E-state index contributed by atoms with van der Waals surface area (Å²) in [4.78, 5) is 40.2. The van der Waals surface area contributed by atoms with Crippen molar-refractivity contribution in [2.75, 3.05) is 18.4 Å². The number of nitrogens with one attached hydrogen (secondary N) is 2. The average molecular weight is 437 g/mol. The van der Waals surface area contributed by atoms with Crippen molar-refractivity contribution >= 4 is 17.6 Å². The minimum Gasteiger partial charge on any atom is -0.326 e. The van der Waals surface area contributed by atoms with E-state index in [0.29, 0.717) is 19.6 Å². The summed E-state index contributed by atoms with van der Waals surface area (Å²) in [6, 6.07) is 10.4. The smallest absolute Gasteiger partial charge is 0.318 e. The van der Waals surface area contributed by atoms with Crippen molar-refractivity contribution < 1.29 is 9.59 Å². The number of urea groups is 1. The van der Waals surface area contributed by atoms with E-state index in [-0.39, 0.29) is 35.3 Å². The Balaban J connectivity index is 1.45. The molecule has 1 fully saturated rings. The number of pyridine rings is 1. The molecule has 2 bridgehead atoms. The molecule has 0 saturated carbocycles. The number of carbonyl (C=O) groups is 2. The fourth-order valence-electron chi connectivity index (χ4n) is 5.09. The molecule has 2 aliphatic rings. The van der Waals surface area contributed by atoms with Crippen LogP contribution in [-0.2, 0) is 11.3 Å². The number of carbonyl (C=O) groups excluding carboxylic acids is 2. The molecule has 0 radical (unpaired) electrons. The van der Waals surface area contributed by atoms with Gasteiger partial charge < -0.3 is 20.1 Å². The van der Waals surface area contributed by atoms with Crippen LogP contribution in [0.2, 0.25) is 0 Å². The van der Waals surface area contributed by atoms with Crippen molar-refractivity contribution in [1.29, 1.82) is 0 Å². The van der Waals surface area contributed by atoms with Crippen molar-refractivity contribution in [2.45, 2.75) is 52.6 Å². The molecule has 0 aliphatic carbocycles. The number of hydrogen-bond acceptors (Lipinski definition) is 3. The Morgan fingerprint density at radius 1 is 1.03 bits per heavy atom. The van der Waals surface area contributed by atoms with Crippen LogP contribution in [0.15, 0.2) is 41.2 Å². The molecule has 1 saturated heterocycles. The number of aromatic nitrogens is 1. The van der Waals surface area contributed by atoms with Gasteiger partial charge in [-0.05, 0) is 61.4 Å². The standard InChI is InChI=1S/C25H32N4O3/c1-15(2)23(24(31)26-20-9-16(3)8-17(4)10-20)27-25(32)28-12-18-11-19(14-28)21-6-5-7-22(30)29(21)13-18/h5-10,15,18-19,23H,11-14H2,1-4H3,(H,26,31)(H,27,32)/t18-,19+,23-/m0/s1. The molecule has 170 valence electrons. The second-order valence-corrected chi connectivity index (χ2v) is 9.64. The van der Waals surface area contributed by atoms with Gasteiger partial charge in [-0.1, -0.05) is 26.0 Å². The SMILES string of the molecule is Cc1cc(C)cc(NC(=O)[C@@H](NC(=O)N2C[C@@H]3C[C@H](C2)c2cccc(=O)n2C3)C(C)C)c1. The minimum atomic E-state index is -0.639. The van der Waals surface area contributed by atoms with Crippen molar-refractivity contribution in [3.63, 3.8) is 0 Å². The molecular weight excluding hydrogens is 404 g/mol. The van der Waals surface area contributed by atoms with Crippen LogP contribution in [0.5, 0.6) is 0 Å². The lowest BCUT2D eigenvalue weighted by Gasteiger charge is -2.43. The summed E-state index contributed by atoms with van der Waals surface area (Å²) in [7, 11) is 0. The van der Waals surface area contributed by atoms with Crippen LogP contribution in [-0.4, -0.2) is 40.5 Å². The molecule has 1 aromatic carbocycles. The zero-order valence-electron chi connectivity index (χ0n) is 19.2. The van der Waals surface area contributed by atoms with Gasteiger partial charge in [-0.15, -0.1) is 0 Å². The maximum absolute atomic E-state index is 13.2. The summed E-state index contributed by atoms with van der Waals surface area (Å²) in [6.45, 7) is 9.62. The number of benzene rings is 1. The first-order valence-corrected chi connectivity index (χ1v) is 11.4. The quantitative estimate of drug-likeness (QED) is 0.772. The molecule has 3 heterocycles. The maximum Gasteiger partial charge on any atom is 0.318 e. The third kappa shape index (κ3) is 4.56. The highest BCUT2D eigenvalue weighted by Crippen LogP contribution is 2.35. The van der Waals surface area contributed by atoms with E-state index in [9.17, 15) is 14.4 Å². The van der Waals surface area contributed by atoms with Gasteiger partial charge in [-0.3, -0.25) is 9.59 Å². The number of nitrogens with zero attached hydrogens (tertiary/aromatic N) is 2. The fourth-order valence-corrected chi connectivity index (χ4v) is 5.09. The Labute approximate surface area is 188 Å². The van der Waals surface area contributed by atoms with E-state index in [2.05, 4.69) is 16.7 Å². The first kappa shape index (κ1) is 22.1. The lowest BCUT2D eigenvalue weighted by Crippen LogP contribution is -2.56. The maximum atomic E-state index is 13.2. The predicted molar refractivity (Wildman–Crippen MR) is 125 cm³/mol. The number of likely N-dealkylation sites (tertiary alicyclic amines) is 1. The third-order valence-corrected chi connectivity index (χ3v) is 6.48. The lowest BCUT2D eigenvalue weighted by molar-refractivity contribution is -0.118. The summed E-state index contributed by atoms with van der Waals surface area (Å²) in [5.74, 6) is 0.110. The lowest BCUT2D eigenvalue weighted by atomic mass is 9.83. The van der Waals surface area contributed by atoms with Crippen LogP contribution in [0.25, 0.3) is 0 Å². The molecular formula is C25H32N4O3. The Bertz CT molecular complexity index is 1070. The molecule has 3 amide bonds. The molecule has 32 heavy (non-hydrogen) atoms. The van der Waals surface area contributed by atoms with E-state index < -0.39 is 6.04 Å². The average Bonchev–Trinajstić information content (AvgIpc) is 2.71. The second kappa shape index (κ2) is 8.81. The number of amides is 3. The zero-order valence-corrected chi connectivity index (χ0v) is 19.2. The highest BCUT2D eigenvalue weighted by molar-refractivity contribution is 5.97. The second-order valence-electron chi connectivity index (χ2n) is 9.64. The van der Waals surface area contributed by atoms with Crippen LogP contribution in [0.3, 0.4) is 0 Å². The molecule has 0 spiro atoms. The molecule has 2 aliphatic heterocycles. The minimum absolute atomic E-state index is 0.0260. The largest absolute Gasteiger partial charge is 0.326 e. The Morgan fingerprint density at radius 2 is 1.75 bits per heavy atom. The number of hydrogen-bond donors (Lipinski definition) is 2. The van der Waals surface area contributed by atoms with Crippen molar-refractivity contribution in [2.24, 2.45) is 11.8 Å². The van der Waals surface area contributed by atoms with Gasteiger partial charge >= 0.3 is 6.03 Å². The first-order valence-electron chi connectivity index (χ1n) is 11.4. The van der Waals surface area contributed by atoms with Crippen molar-refractivity contribution in [1.82, 2.24) is 14.8 Å². The molecule has 1 aromatic heterocycles. The van der Waals surface area contributed by atoms with Gasteiger partial charge in [0.05, 0.1) is 0 Å². The van der Waals surface area contributed by atoms with Gasteiger partial charge in [0.25, 0.3) is 5.56 Å². The highest BCUT2D eigenvalue weighted by atomic mass is 16.2. The number of fused-ring (bicyclic) bond motifs is 4. The first-order chi connectivity index (χ1) is 15.2. The Morgan fingerprint density at radius 3 is 2.44 bits per heavy atom. The molecule has 7 heteroatoms. The van der Waals surface area contributed by atoms with Crippen LogP contribution >= 0.6 is 0 Å². The van der Waals surface area contributed by atoms with Crippen LogP contribution in [0.1, 0.15) is 43.0 Å². The number of rotatable bonds is 4. The number of piperidine rings is 1.